The highest BCUT2D eigenvalue weighted by Gasteiger charge is 2.03. The van der Waals surface area contributed by atoms with Crippen LogP contribution in [0.1, 0.15) is 11.1 Å². The van der Waals surface area contributed by atoms with E-state index in [0.717, 1.165) is 11.1 Å². The van der Waals surface area contributed by atoms with E-state index in [2.05, 4.69) is 5.16 Å². The molecule has 0 bridgehead atoms. The number of oxime groups is 1. The van der Waals surface area contributed by atoms with Gasteiger partial charge in [-0.1, -0.05) is 59.2 Å². The molecule has 2 aromatic rings. The minimum atomic E-state index is -0.392. The quantitative estimate of drug-likeness (QED) is 0.486. The number of benzene rings is 2. The summed E-state index contributed by atoms with van der Waals surface area (Å²) in [7, 11) is 0. The molecule has 0 heterocycles. The third kappa shape index (κ3) is 4.56. The summed E-state index contributed by atoms with van der Waals surface area (Å²) in [5.41, 5.74) is 1.71. The van der Waals surface area contributed by atoms with Crippen molar-refractivity contribution in [2.24, 2.45) is 5.16 Å². The van der Waals surface area contributed by atoms with E-state index in [-0.39, 0.29) is 6.42 Å². The van der Waals surface area contributed by atoms with Crippen molar-refractivity contribution in [3.05, 3.63) is 70.7 Å². The Balaban J connectivity index is 1.85. The Morgan fingerprint density at radius 3 is 2.47 bits per heavy atom. The fourth-order valence-electron chi connectivity index (χ4n) is 1.49. The first-order chi connectivity index (χ1) is 9.24. The summed E-state index contributed by atoms with van der Waals surface area (Å²) in [6.45, 7) is 0. The number of carbonyl (C=O) groups is 1. The summed E-state index contributed by atoms with van der Waals surface area (Å²) < 4.78 is 0. The molecule has 0 saturated carbocycles. The van der Waals surface area contributed by atoms with Crippen LogP contribution in [-0.4, -0.2) is 12.2 Å². The maximum Gasteiger partial charge on any atom is 0.339 e. The van der Waals surface area contributed by atoms with Crippen molar-refractivity contribution < 1.29 is 9.63 Å². The molecule has 0 aliphatic rings. The molecule has 2 aromatic carbocycles. The molecule has 0 fully saturated rings. The SMILES string of the molecule is O=C(Cc1ccccc1)O/N=C/c1ccc(Cl)cc1. The summed E-state index contributed by atoms with van der Waals surface area (Å²) in [5, 5.41) is 4.30. The van der Waals surface area contributed by atoms with Crippen molar-refractivity contribution >= 4 is 23.8 Å². The Bertz CT molecular complexity index is 564. The summed E-state index contributed by atoms with van der Waals surface area (Å²) >= 11 is 5.76. The van der Waals surface area contributed by atoms with E-state index in [0.29, 0.717) is 5.02 Å². The van der Waals surface area contributed by atoms with Crippen LogP contribution in [0.25, 0.3) is 0 Å². The second-order valence-electron chi connectivity index (χ2n) is 3.91. The van der Waals surface area contributed by atoms with Gasteiger partial charge in [-0.3, -0.25) is 0 Å². The summed E-state index contributed by atoms with van der Waals surface area (Å²) in [6.07, 6.45) is 1.68. The van der Waals surface area contributed by atoms with E-state index in [1.54, 1.807) is 24.3 Å². The van der Waals surface area contributed by atoms with E-state index < -0.39 is 5.97 Å². The van der Waals surface area contributed by atoms with Gasteiger partial charge in [0, 0.05) is 5.02 Å². The van der Waals surface area contributed by atoms with Crippen LogP contribution in [-0.2, 0) is 16.1 Å². The highest BCUT2D eigenvalue weighted by Crippen LogP contribution is 2.08. The summed E-state index contributed by atoms with van der Waals surface area (Å²) in [5.74, 6) is -0.392. The van der Waals surface area contributed by atoms with Crippen molar-refractivity contribution in [1.29, 1.82) is 0 Å². The average molecular weight is 274 g/mol. The van der Waals surface area contributed by atoms with Crippen LogP contribution in [0, 0.1) is 0 Å². The largest absolute Gasteiger partial charge is 0.339 e. The van der Waals surface area contributed by atoms with Gasteiger partial charge in [0.05, 0.1) is 12.6 Å². The number of hydrogen-bond donors (Lipinski definition) is 0. The lowest BCUT2D eigenvalue weighted by atomic mass is 10.2. The van der Waals surface area contributed by atoms with E-state index in [1.807, 2.05) is 30.3 Å². The van der Waals surface area contributed by atoms with Crippen LogP contribution in [0.5, 0.6) is 0 Å². The Kier molecular flexibility index (Phi) is 4.70. The molecule has 2 rings (SSSR count). The Labute approximate surface area is 116 Å². The van der Waals surface area contributed by atoms with Gasteiger partial charge in [0.2, 0.25) is 0 Å². The maximum absolute atomic E-state index is 11.5. The molecular formula is C15H12ClNO2. The number of rotatable bonds is 4. The molecule has 0 unspecified atom stereocenters. The highest BCUT2D eigenvalue weighted by molar-refractivity contribution is 6.30. The van der Waals surface area contributed by atoms with Crippen LogP contribution < -0.4 is 0 Å². The van der Waals surface area contributed by atoms with E-state index in [1.165, 1.54) is 6.21 Å². The molecule has 3 nitrogen and oxygen atoms in total. The van der Waals surface area contributed by atoms with Gasteiger partial charge in [0.15, 0.2) is 0 Å². The lowest BCUT2D eigenvalue weighted by molar-refractivity contribution is -0.142. The minimum Gasteiger partial charge on any atom is -0.318 e. The van der Waals surface area contributed by atoms with Crippen LogP contribution >= 0.6 is 11.6 Å². The van der Waals surface area contributed by atoms with Crippen molar-refractivity contribution in [2.45, 2.75) is 6.42 Å². The molecule has 19 heavy (non-hydrogen) atoms. The van der Waals surface area contributed by atoms with Gasteiger partial charge >= 0.3 is 5.97 Å². The van der Waals surface area contributed by atoms with Crippen LogP contribution in [0.3, 0.4) is 0 Å². The van der Waals surface area contributed by atoms with Crippen molar-refractivity contribution in [2.75, 3.05) is 0 Å². The summed E-state index contributed by atoms with van der Waals surface area (Å²) in [6, 6.07) is 16.4. The smallest absolute Gasteiger partial charge is 0.318 e. The van der Waals surface area contributed by atoms with Crippen LogP contribution in [0.2, 0.25) is 5.02 Å². The van der Waals surface area contributed by atoms with E-state index in [4.69, 9.17) is 16.4 Å². The van der Waals surface area contributed by atoms with Crippen molar-refractivity contribution in [3.63, 3.8) is 0 Å². The lowest BCUT2D eigenvalue weighted by Crippen LogP contribution is -2.04. The number of carbonyl (C=O) groups excluding carboxylic acids is 1. The molecule has 0 spiro atoms. The first-order valence-electron chi connectivity index (χ1n) is 5.77. The monoisotopic (exact) mass is 273 g/mol. The molecule has 0 aliphatic carbocycles. The molecule has 0 atom stereocenters. The number of nitrogens with zero attached hydrogens (tertiary/aromatic N) is 1. The molecule has 0 aromatic heterocycles. The minimum absolute atomic E-state index is 0.207. The third-order valence-corrected chi connectivity index (χ3v) is 2.67. The van der Waals surface area contributed by atoms with Crippen LogP contribution in [0.4, 0.5) is 0 Å². The van der Waals surface area contributed by atoms with Gasteiger partial charge in [-0.15, -0.1) is 0 Å². The fraction of sp³-hybridized carbons (Fsp3) is 0.0667. The lowest BCUT2D eigenvalue weighted by Gasteiger charge is -1.98. The van der Waals surface area contributed by atoms with Crippen LogP contribution in [0.15, 0.2) is 59.8 Å². The number of hydrogen-bond acceptors (Lipinski definition) is 3. The second kappa shape index (κ2) is 6.71. The van der Waals surface area contributed by atoms with E-state index in [9.17, 15) is 4.79 Å². The fourth-order valence-corrected chi connectivity index (χ4v) is 1.62. The zero-order valence-corrected chi connectivity index (χ0v) is 10.9. The molecule has 0 N–H and O–H groups in total. The molecule has 0 saturated heterocycles. The second-order valence-corrected chi connectivity index (χ2v) is 4.35. The normalized spacial score (nSPS) is 10.6. The van der Waals surface area contributed by atoms with Gasteiger partial charge < -0.3 is 4.84 Å². The zero-order valence-electron chi connectivity index (χ0n) is 10.1. The Hall–Kier alpha value is -2.13. The predicted molar refractivity (Wildman–Crippen MR) is 75.3 cm³/mol. The summed E-state index contributed by atoms with van der Waals surface area (Å²) in [4.78, 5) is 16.3. The molecule has 96 valence electrons. The maximum atomic E-state index is 11.5. The Morgan fingerprint density at radius 1 is 1.11 bits per heavy atom. The van der Waals surface area contributed by atoms with E-state index >= 15 is 0 Å². The van der Waals surface area contributed by atoms with Gasteiger partial charge in [-0.2, -0.15) is 0 Å². The zero-order chi connectivity index (χ0) is 13.5. The van der Waals surface area contributed by atoms with Crippen molar-refractivity contribution in [3.8, 4) is 0 Å². The third-order valence-electron chi connectivity index (χ3n) is 2.42. The predicted octanol–water partition coefficient (Wildman–Crippen LogP) is 3.46. The molecule has 0 aliphatic heterocycles. The first kappa shape index (κ1) is 13.3. The average Bonchev–Trinajstić information content (AvgIpc) is 2.42. The van der Waals surface area contributed by atoms with Gasteiger partial charge in [0.25, 0.3) is 0 Å². The topological polar surface area (TPSA) is 38.7 Å². The first-order valence-corrected chi connectivity index (χ1v) is 6.14. The highest BCUT2D eigenvalue weighted by atomic mass is 35.5. The Morgan fingerprint density at radius 2 is 1.79 bits per heavy atom. The van der Waals surface area contributed by atoms with Gasteiger partial charge in [-0.25, -0.2) is 4.79 Å². The van der Waals surface area contributed by atoms with Gasteiger partial charge in [0.1, 0.15) is 0 Å². The molecular weight excluding hydrogens is 262 g/mol. The van der Waals surface area contributed by atoms with Gasteiger partial charge in [-0.05, 0) is 23.3 Å². The molecule has 4 heteroatoms. The standard InChI is InChI=1S/C15H12ClNO2/c16-14-8-6-13(7-9-14)11-17-19-15(18)10-12-4-2-1-3-5-12/h1-9,11H,10H2/b17-11+. The number of halogens is 1. The van der Waals surface area contributed by atoms with Crippen molar-refractivity contribution in [1.82, 2.24) is 0 Å². The molecule has 0 amide bonds. The molecule has 0 radical (unpaired) electrons.